The first-order valence-corrected chi connectivity index (χ1v) is 8.82. The van der Waals surface area contributed by atoms with E-state index in [2.05, 4.69) is 15.8 Å². The maximum atomic E-state index is 13.8. The van der Waals surface area contributed by atoms with E-state index in [9.17, 15) is 29.2 Å². The summed E-state index contributed by atoms with van der Waals surface area (Å²) in [7, 11) is 0. The monoisotopic (exact) mass is 422 g/mol. The summed E-state index contributed by atoms with van der Waals surface area (Å²) in [4.78, 5) is 35.0. The van der Waals surface area contributed by atoms with Crippen molar-refractivity contribution < 1.29 is 24.0 Å². The number of phenols is 1. The highest BCUT2D eigenvalue weighted by molar-refractivity contribution is 6.09. The molecule has 9 nitrogen and oxygen atoms in total. The molecule has 156 valence electrons. The van der Waals surface area contributed by atoms with Gasteiger partial charge in [-0.3, -0.25) is 19.7 Å². The van der Waals surface area contributed by atoms with Gasteiger partial charge >= 0.3 is 0 Å². The number of carbonyl (C=O) groups excluding carboxylic acids is 2. The number of aromatic hydroxyl groups is 1. The number of nitrogens with one attached hydrogen (secondary N) is 2. The van der Waals surface area contributed by atoms with Gasteiger partial charge in [0, 0.05) is 17.7 Å². The number of hydrazone groups is 1. The number of rotatable bonds is 6. The maximum Gasteiger partial charge on any atom is 0.273 e. The van der Waals surface area contributed by atoms with E-state index in [1.807, 2.05) is 0 Å². The average Bonchev–Trinajstić information content (AvgIpc) is 2.75. The number of amides is 2. The number of halogens is 1. The van der Waals surface area contributed by atoms with Crippen LogP contribution >= 0.6 is 0 Å². The van der Waals surface area contributed by atoms with Crippen LogP contribution in [0.15, 0.2) is 71.8 Å². The Balaban J connectivity index is 1.75. The summed E-state index contributed by atoms with van der Waals surface area (Å²) in [6.45, 7) is 0. The third kappa shape index (κ3) is 5.07. The lowest BCUT2D eigenvalue weighted by atomic mass is 10.1. The molecule has 0 heterocycles. The third-order valence-corrected chi connectivity index (χ3v) is 4.13. The number of carbonyl (C=O) groups is 2. The number of nitrogens with zero attached hydrogens (tertiary/aromatic N) is 2. The molecule has 0 atom stereocenters. The fourth-order valence-electron chi connectivity index (χ4n) is 2.60. The average molecular weight is 422 g/mol. The summed E-state index contributed by atoms with van der Waals surface area (Å²) >= 11 is 0. The molecule has 0 fully saturated rings. The lowest BCUT2D eigenvalue weighted by Gasteiger charge is -2.10. The Hall–Kier alpha value is -4.60. The number of non-ortho nitro benzene ring substituents is 1. The quantitative estimate of drug-likeness (QED) is 0.318. The van der Waals surface area contributed by atoms with Crippen molar-refractivity contribution in [1.29, 1.82) is 0 Å². The van der Waals surface area contributed by atoms with E-state index in [0.717, 1.165) is 30.5 Å². The van der Waals surface area contributed by atoms with Gasteiger partial charge < -0.3 is 10.4 Å². The Morgan fingerprint density at radius 3 is 2.39 bits per heavy atom. The summed E-state index contributed by atoms with van der Waals surface area (Å²) in [5.41, 5.74) is 1.97. The van der Waals surface area contributed by atoms with Gasteiger partial charge in [-0.05, 0) is 30.3 Å². The molecule has 0 aliphatic heterocycles. The number of benzene rings is 3. The molecule has 0 radical (unpaired) electrons. The molecular weight excluding hydrogens is 407 g/mol. The van der Waals surface area contributed by atoms with Crippen molar-refractivity contribution in [2.75, 3.05) is 5.32 Å². The second kappa shape index (κ2) is 9.27. The summed E-state index contributed by atoms with van der Waals surface area (Å²) in [6.07, 6.45) is 1.04. The SMILES string of the molecule is O=C(Nc1ccccc1C(=O)NN=Cc1cc([N+](=O)[O-])ccc1O)c1ccccc1F. The topological polar surface area (TPSA) is 134 Å². The molecule has 0 aliphatic rings. The van der Waals surface area contributed by atoms with Crippen molar-refractivity contribution in [1.82, 2.24) is 5.43 Å². The molecule has 0 saturated heterocycles. The zero-order valence-corrected chi connectivity index (χ0v) is 15.8. The first kappa shape index (κ1) is 21.1. The molecule has 2 amide bonds. The Morgan fingerprint density at radius 2 is 1.68 bits per heavy atom. The van der Waals surface area contributed by atoms with Crippen LogP contribution in [0.4, 0.5) is 15.8 Å². The molecule has 3 rings (SSSR count). The minimum atomic E-state index is -0.733. The molecule has 3 aromatic rings. The Labute approximate surface area is 175 Å². The fourth-order valence-corrected chi connectivity index (χ4v) is 2.60. The molecule has 0 saturated carbocycles. The number of para-hydroxylation sites is 1. The first-order chi connectivity index (χ1) is 14.9. The van der Waals surface area contributed by atoms with Gasteiger partial charge in [0.2, 0.25) is 0 Å². The van der Waals surface area contributed by atoms with Crippen molar-refractivity contribution in [2.24, 2.45) is 5.10 Å². The predicted octanol–water partition coefficient (Wildman–Crippen LogP) is 3.46. The molecule has 10 heteroatoms. The van der Waals surface area contributed by atoms with Crippen LogP contribution in [-0.2, 0) is 0 Å². The molecule has 0 unspecified atom stereocenters. The summed E-state index contributed by atoms with van der Waals surface area (Å²) in [6, 6.07) is 14.8. The van der Waals surface area contributed by atoms with E-state index in [-0.39, 0.29) is 33.8 Å². The van der Waals surface area contributed by atoms with E-state index >= 15 is 0 Å². The summed E-state index contributed by atoms with van der Waals surface area (Å²) in [5, 5.41) is 26.8. The predicted molar refractivity (Wildman–Crippen MR) is 111 cm³/mol. The number of nitro groups is 1. The van der Waals surface area contributed by atoms with E-state index in [1.54, 1.807) is 12.1 Å². The van der Waals surface area contributed by atoms with Crippen LogP contribution in [0.2, 0.25) is 0 Å². The van der Waals surface area contributed by atoms with E-state index < -0.39 is 22.6 Å². The number of anilines is 1. The van der Waals surface area contributed by atoms with Crippen molar-refractivity contribution in [2.45, 2.75) is 0 Å². The number of hydrogen-bond acceptors (Lipinski definition) is 6. The van der Waals surface area contributed by atoms with Crippen LogP contribution in [0.3, 0.4) is 0 Å². The van der Waals surface area contributed by atoms with Gasteiger partial charge in [-0.1, -0.05) is 24.3 Å². The van der Waals surface area contributed by atoms with Crippen LogP contribution in [0.5, 0.6) is 5.75 Å². The lowest BCUT2D eigenvalue weighted by Crippen LogP contribution is -2.21. The van der Waals surface area contributed by atoms with Crippen molar-refractivity contribution in [3.05, 3.63) is 99.4 Å². The van der Waals surface area contributed by atoms with Gasteiger partial charge in [-0.2, -0.15) is 5.10 Å². The minimum Gasteiger partial charge on any atom is -0.507 e. The fraction of sp³-hybridized carbons (Fsp3) is 0. The highest BCUT2D eigenvalue weighted by atomic mass is 19.1. The third-order valence-electron chi connectivity index (χ3n) is 4.13. The van der Waals surface area contributed by atoms with Gasteiger partial charge in [-0.25, -0.2) is 9.82 Å². The zero-order valence-electron chi connectivity index (χ0n) is 15.8. The van der Waals surface area contributed by atoms with Gasteiger partial charge in [0.05, 0.1) is 28.0 Å². The van der Waals surface area contributed by atoms with E-state index in [4.69, 9.17) is 0 Å². The number of hydrogen-bond donors (Lipinski definition) is 3. The number of nitro benzene ring substituents is 1. The van der Waals surface area contributed by atoms with Crippen molar-refractivity contribution in [3.8, 4) is 5.75 Å². The Bertz CT molecular complexity index is 1200. The van der Waals surface area contributed by atoms with Crippen LogP contribution in [-0.4, -0.2) is 28.1 Å². The molecule has 0 aliphatic carbocycles. The van der Waals surface area contributed by atoms with Crippen molar-refractivity contribution >= 4 is 29.4 Å². The van der Waals surface area contributed by atoms with Crippen LogP contribution in [0.1, 0.15) is 26.3 Å². The van der Waals surface area contributed by atoms with Gasteiger partial charge in [0.1, 0.15) is 11.6 Å². The molecule has 0 spiro atoms. The maximum absolute atomic E-state index is 13.8. The van der Waals surface area contributed by atoms with Gasteiger partial charge in [0.25, 0.3) is 17.5 Å². The molecule has 0 bridgehead atoms. The van der Waals surface area contributed by atoms with Gasteiger partial charge in [0.15, 0.2) is 0 Å². The van der Waals surface area contributed by atoms with E-state index in [0.29, 0.717) is 0 Å². The Morgan fingerprint density at radius 1 is 1.00 bits per heavy atom. The van der Waals surface area contributed by atoms with E-state index in [1.165, 1.54) is 30.3 Å². The Kier molecular flexibility index (Phi) is 6.31. The zero-order chi connectivity index (χ0) is 22.4. The van der Waals surface area contributed by atoms with Crippen LogP contribution in [0.25, 0.3) is 0 Å². The second-order valence-electron chi connectivity index (χ2n) is 6.18. The standard InChI is InChI=1S/C21H15FN4O5/c22-17-7-3-1-5-15(17)20(28)24-18-8-4-2-6-16(18)21(29)25-23-12-13-11-14(26(30)31)9-10-19(13)27/h1-12,27H,(H,24,28)(H,25,29). The minimum absolute atomic E-state index is 0.0237. The smallest absolute Gasteiger partial charge is 0.273 e. The van der Waals surface area contributed by atoms with Crippen molar-refractivity contribution in [3.63, 3.8) is 0 Å². The normalized spacial score (nSPS) is 10.6. The highest BCUT2D eigenvalue weighted by Gasteiger charge is 2.16. The lowest BCUT2D eigenvalue weighted by molar-refractivity contribution is -0.384. The summed E-state index contributed by atoms with van der Waals surface area (Å²) < 4.78 is 13.8. The van der Waals surface area contributed by atoms with Gasteiger partial charge in [-0.15, -0.1) is 0 Å². The molecule has 31 heavy (non-hydrogen) atoms. The molecular formula is C21H15FN4O5. The first-order valence-electron chi connectivity index (χ1n) is 8.82. The highest BCUT2D eigenvalue weighted by Crippen LogP contribution is 2.21. The number of phenolic OH excluding ortho intramolecular Hbond substituents is 1. The molecule has 3 N–H and O–H groups in total. The molecule has 0 aromatic heterocycles. The largest absolute Gasteiger partial charge is 0.507 e. The molecule has 3 aromatic carbocycles. The van der Waals surface area contributed by atoms with Crippen LogP contribution in [0, 0.1) is 15.9 Å². The van der Waals surface area contributed by atoms with Crippen LogP contribution < -0.4 is 10.7 Å². The summed E-state index contributed by atoms with van der Waals surface area (Å²) in [5.74, 6) is -2.40. The second-order valence-corrected chi connectivity index (χ2v) is 6.18.